The van der Waals surface area contributed by atoms with Crippen molar-refractivity contribution in [3.63, 3.8) is 0 Å². The Labute approximate surface area is 127 Å². The van der Waals surface area contributed by atoms with Crippen LogP contribution in [-0.4, -0.2) is 31.4 Å². The molecule has 0 saturated heterocycles. The molecule has 0 aliphatic heterocycles. The first kappa shape index (κ1) is 15.7. The van der Waals surface area contributed by atoms with Crippen LogP contribution in [0.4, 0.5) is 11.4 Å². The summed E-state index contributed by atoms with van der Waals surface area (Å²) in [5.74, 6) is -0.0194. The maximum Gasteiger partial charge on any atom is 0.253 e. The van der Waals surface area contributed by atoms with Crippen LogP contribution in [0.25, 0.3) is 0 Å². The minimum Gasteiger partial charge on any atom is -0.397 e. The number of nitrogens with zero attached hydrogens (tertiary/aromatic N) is 1. The van der Waals surface area contributed by atoms with Gasteiger partial charge in [0.15, 0.2) is 0 Å². The highest BCUT2D eigenvalue weighted by molar-refractivity contribution is 5.95. The Morgan fingerprint density at radius 3 is 2.52 bits per heavy atom. The lowest BCUT2D eigenvalue weighted by molar-refractivity contribution is 0.0827. The molecule has 3 N–H and O–H groups in total. The van der Waals surface area contributed by atoms with Crippen molar-refractivity contribution in [3.05, 3.63) is 23.8 Å². The van der Waals surface area contributed by atoms with Crippen molar-refractivity contribution < 1.29 is 4.79 Å². The van der Waals surface area contributed by atoms with Crippen molar-refractivity contribution in [1.82, 2.24) is 4.90 Å². The van der Waals surface area contributed by atoms with Gasteiger partial charge in [-0.1, -0.05) is 19.8 Å². The number of rotatable bonds is 5. The van der Waals surface area contributed by atoms with Crippen molar-refractivity contribution in [2.75, 3.05) is 31.7 Å². The third-order valence-electron chi connectivity index (χ3n) is 4.77. The molecule has 2 rings (SSSR count). The van der Waals surface area contributed by atoms with E-state index in [0.717, 1.165) is 12.2 Å². The fourth-order valence-electron chi connectivity index (χ4n) is 3.18. The summed E-state index contributed by atoms with van der Waals surface area (Å²) in [6.45, 7) is 3.24. The molecular formula is C17H27N3O. The van der Waals surface area contributed by atoms with Crippen LogP contribution < -0.4 is 11.1 Å². The standard InChI is InChI=1S/C17H27N3O/c1-4-17(9-5-6-10-17)12-19-15-8-7-13(11-14(15)18)16(21)20(2)3/h7-8,11,19H,4-6,9-10,12,18H2,1-3H3. The van der Waals surface area contributed by atoms with Gasteiger partial charge >= 0.3 is 0 Å². The largest absolute Gasteiger partial charge is 0.397 e. The van der Waals surface area contributed by atoms with Gasteiger partial charge in [0.1, 0.15) is 0 Å². The van der Waals surface area contributed by atoms with Gasteiger partial charge in [-0.05, 0) is 42.9 Å². The van der Waals surface area contributed by atoms with Crippen LogP contribution in [0.5, 0.6) is 0 Å². The number of hydrogen-bond donors (Lipinski definition) is 2. The zero-order valence-corrected chi connectivity index (χ0v) is 13.4. The van der Waals surface area contributed by atoms with Crippen LogP contribution in [0.2, 0.25) is 0 Å². The smallest absolute Gasteiger partial charge is 0.253 e. The van der Waals surface area contributed by atoms with E-state index in [-0.39, 0.29) is 5.91 Å². The Bertz CT molecular complexity index is 505. The van der Waals surface area contributed by atoms with Gasteiger partial charge in [-0.3, -0.25) is 4.79 Å². The molecule has 4 nitrogen and oxygen atoms in total. The highest BCUT2D eigenvalue weighted by atomic mass is 16.2. The van der Waals surface area contributed by atoms with E-state index in [2.05, 4.69) is 12.2 Å². The van der Waals surface area contributed by atoms with Crippen molar-refractivity contribution in [3.8, 4) is 0 Å². The van der Waals surface area contributed by atoms with Gasteiger partial charge in [-0.2, -0.15) is 0 Å². The lowest BCUT2D eigenvalue weighted by Crippen LogP contribution is -2.26. The van der Waals surface area contributed by atoms with E-state index in [0.29, 0.717) is 16.7 Å². The molecule has 0 aromatic heterocycles. The van der Waals surface area contributed by atoms with Crippen molar-refractivity contribution in [1.29, 1.82) is 0 Å². The molecule has 1 fully saturated rings. The molecule has 1 aromatic carbocycles. The van der Waals surface area contributed by atoms with Crippen LogP contribution in [0.15, 0.2) is 18.2 Å². The Morgan fingerprint density at radius 1 is 1.33 bits per heavy atom. The molecule has 4 heteroatoms. The topological polar surface area (TPSA) is 58.4 Å². The quantitative estimate of drug-likeness (QED) is 0.817. The van der Waals surface area contributed by atoms with Crippen LogP contribution in [0.3, 0.4) is 0 Å². The van der Waals surface area contributed by atoms with E-state index in [9.17, 15) is 4.79 Å². The Hall–Kier alpha value is -1.71. The SMILES string of the molecule is CCC1(CNc2ccc(C(=O)N(C)C)cc2N)CCCC1. The summed E-state index contributed by atoms with van der Waals surface area (Å²) in [6, 6.07) is 5.52. The van der Waals surface area contributed by atoms with E-state index in [4.69, 9.17) is 5.73 Å². The van der Waals surface area contributed by atoms with Gasteiger partial charge in [0.05, 0.1) is 11.4 Å². The van der Waals surface area contributed by atoms with Gasteiger partial charge in [0.2, 0.25) is 0 Å². The van der Waals surface area contributed by atoms with Crippen molar-refractivity contribution in [2.45, 2.75) is 39.0 Å². The minimum absolute atomic E-state index is 0.0194. The first-order valence-electron chi connectivity index (χ1n) is 7.82. The molecule has 1 aliphatic carbocycles. The molecule has 1 aromatic rings. The van der Waals surface area contributed by atoms with Crippen LogP contribution >= 0.6 is 0 Å². The molecule has 0 radical (unpaired) electrons. The zero-order chi connectivity index (χ0) is 15.5. The molecule has 0 unspecified atom stereocenters. The highest BCUT2D eigenvalue weighted by Crippen LogP contribution is 2.41. The summed E-state index contributed by atoms with van der Waals surface area (Å²) >= 11 is 0. The van der Waals surface area contributed by atoms with Gasteiger partial charge in [-0.15, -0.1) is 0 Å². The average molecular weight is 289 g/mol. The van der Waals surface area contributed by atoms with Crippen LogP contribution in [-0.2, 0) is 0 Å². The minimum atomic E-state index is -0.0194. The Kier molecular flexibility index (Phi) is 4.76. The van der Waals surface area contributed by atoms with Crippen LogP contribution in [0.1, 0.15) is 49.4 Å². The summed E-state index contributed by atoms with van der Waals surface area (Å²) in [6.07, 6.45) is 6.47. The maximum atomic E-state index is 11.9. The molecule has 1 aliphatic rings. The fourth-order valence-corrected chi connectivity index (χ4v) is 3.18. The lowest BCUT2D eigenvalue weighted by atomic mass is 9.83. The van der Waals surface area contributed by atoms with Crippen molar-refractivity contribution >= 4 is 17.3 Å². The number of amides is 1. The summed E-state index contributed by atoms with van der Waals surface area (Å²) in [5, 5.41) is 3.49. The number of benzene rings is 1. The Balaban J connectivity index is 2.06. The third-order valence-corrected chi connectivity index (χ3v) is 4.77. The maximum absolute atomic E-state index is 11.9. The number of nitrogen functional groups attached to an aromatic ring is 1. The second-order valence-corrected chi connectivity index (χ2v) is 6.42. The molecular weight excluding hydrogens is 262 g/mol. The van der Waals surface area contributed by atoms with Gasteiger partial charge in [0, 0.05) is 26.2 Å². The predicted molar refractivity (Wildman–Crippen MR) is 88.6 cm³/mol. The first-order chi connectivity index (χ1) is 9.97. The first-order valence-corrected chi connectivity index (χ1v) is 7.82. The number of nitrogens with two attached hydrogens (primary N) is 1. The molecule has 116 valence electrons. The normalized spacial score (nSPS) is 16.7. The van der Waals surface area contributed by atoms with Gasteiger partial charge < -0.3 is 16.0 Å². The number of nitrogens with one attached hydrogen (secondary N) is 1. The van der Waals surface area contributed by atoms with Crippen LogP contribution in [0, 0.1) is 5.41 Å². The number of hydrogen-bond acceptors (Lipinski definition) is 3. The van der Waals surface area contributed by atoms with E-state index in [1.54, 1.807) is 25.1 Å². The van der Waals surface area contributed by atoms with Gasteiger partial charge in [0.25, 0.3) is 5.91 Å². The lowest BCUT2D eigenvalue weighted by Gasteiger charge is -2.28. The molecule has 0 bridgehead atoms. The van der Waals surface area contributed by atoms with E-state index >= 15 is 0 Å². The van der Waals surface area contributed by atoms with E-state index in [1.165, 1.54) is 32.1 Å². The summed E-state index contributed by atoms with van der Waals surface area (Å²) in [4.78, 5) is 13.5. The number of anilines is 2. The third kappa shape index (κ3) is 3.49. The second-order valence-electron chi connectivity index (χ2n) is 6.42. The molecule has 1 saturated carbocycles. The second kappa shape index (κ2) is 6.37. The zero-order valence-electron chi connectivity index (χ0n) is 13.4. The molecule has 0 spiro atoms. The summed E-state index contributed by atoms with van der Waals surface area (Å²) in [7, 11) is 3.49. The number of carbonyl (C=O) groups excluding carboxylic acids is 1. The van der Waals surface area contributed by atoms with Crippen molar-refractivity contribution in [2.24, 2.45) is 5.41 Å². The number of carbonyl (C=O) groups is 1. The predicted octanol–water partition coefficient (Wildman–Crippen LogP) is 3.35. The average Bonchev–Trinajstić information content (AvgIpc) is 2.94. The monoisotopic (exact) mass is 289 g/mol. The molecule has 21 heavy (non-hydrogen) atoms. The fraction of sp³-hybridized carbons (Fsp3) is 0.588. The summed E-state index contributed by atoms with van der Waals surface area (Å²) < 4.78 is 0. The molecule has 0 heterocycles. The van der Waals surface area contributed by atoms with E-state index in [1.807, 2.05) is 12.1 Å². The van der Waals surface area contributed by atoms with Gasteiger partial charge in [-0.25, -0.2) is 0 Å². The Morgan fingerprint density at radius 2 is 2.00 bits per heavy atom. The highest BCUT2D eigenvalue weighted by Gasteiger charge is 2.31. The molecule has 0 atom stereocenters. The van der Waals surface area contributed by atoms with E-state index < -0.39 is 0 Å². The molecule has 1 amide bonds. The summed E-state index contributed by atoms with van der Waals surface area (Å²) in [5.41, 5.74) is 8.73.